The van der Waals surface area contributed by atoms with Crippen LogP contribution in [0.25, 0.3) is 0 Å². The molecular weight excluding hydrogens is 325 g/mol. The molecule has 1 aromatic rings. The third-order valence-corrected chi connectivity index (χ3v) is 4.89. The first-order valence-corrected chi connectivity index (χ1v) is 8.76. The van der Waals surface area contributed by atoms with Gasteiger partial charge in [-0.05, 0) is 43.9 Å². The average Bonchev–Trinajstić information content (AvgIpc) is 3.16. The summed E-state index contributed by atoms with van der Waals surface area (Å²) >= 11 is 0. The lowest BCUT2D eigenvalue weighted by Crippen LogP contribution is -2.50. The van der Waals surface area contributed by atoms with Crippen LogP contribution >= 0.6 is 0 Å². The SMILES string of the molecule is COc1ccc(C(=O)NC2CCN(C(=O)N3CCCC3)CC2)cc1F. The second-order valence-electron chi connectivity index (χ2n) is 6.56. The van der Waals surface area contributed by atoms with Gasteiger partial charge in [0.15, 0.2) is 11.6 Å². The highest BCUT2D eigenvalue weighted by Gasteiger charge is 2.28. The van der Waals surface area contributed by atoms with E-state index < -0.39 is 5.82 Å². The fourth-order valence-corrected chi connectivity index (χ4v) is 3.40. The number of carbonyl (C=O) groups is 2. The van der Waals surface area contributed by atoms with E-state index >= 15 is 0 Å². The van der Waals surface area contributed by atoms with Crippen LogP contribution in [0, 0.1) is 5.82 Å². The molecule has 0 radical (unpaired) electrons. The molecule has 0 aromatic heterocycles. The third kappa shape index (κ3) is 4.03. The lowest BCUT2D eigenvalue weighted by atomic mass is 10.0. The molecule has 25 heavy (non-hydrogen) atoms. The van der Waals surface area contributed by atoms with Crippen LogP contribution in [0.1, 0.15) is 36.0 Å². The van der Waals surface area contributed by atoms with E-state index in [1.807, 2.05) is 9.80 Å². The molecule has 3 rings (SSSR count). The number of nitrogens with one attached hydrogen (secondary N) is 1. The molecular formula is C18H24FN3O3. The molecule has 2 aliphatic rings. The Morgan fingerprint density at radius 1 is 1.12 bits per heavy atom. The average molecular weight is 349 g/mol. The molecule has 2 heterocycles. The number of halogens is 1. The van der Waals surface area contributed by atoms with E-state index in [-0.39, 0.29) is 29.3 Å². The maximum absolute atomic E-state index is 13.7. The van der Waals surface area contributed by atoms with Gasteiger partial charge in [-0.15, -0.1) is 0 Å². The van der Waals surface area contributed by atoms with Crippen molar-refractivity contribution in [3.63, 3.8) is 0 Å². The Morgan fingerprint density at radius 3 is 2.36 bits per heavy atom. The minimum absolute atomic E-state index is 0.000269. The Kier molecular flexibility index (Phi) is 5.40. The van der Waals surface area contributed by atoms with E-state index in [2.05, 4.69) is 5.32 Å². The van der Waals surface area contributed by atoms with Crippen LogP contribution in [0.5, 0.6) is 5.75 Å². The lowest BCUT2D eigenvalue weighted by molar-refractivity contribution is 0.0912. The molecule has 0 unspecified atom stereocenters. The zero-order valence-electron chi connectivity index (χ0n) is 14.5. The van der Waals surface area contributed by atoms with Crippen LogP contribution in [-0.2, 0) is 0 Å². The van der Waals surface area contributed by atoms with E-state index in [4.69, 9.17) is 4.74 Å². The van der Waals surface area contributed by atoms with E-state index in [1.54, 1.807) is 6.07 Å². The molecule has 2 saturated heterocycles. The van der Waals surface area contributed by atoms with E-state index in [0.29, 0.717) is 25.9 Å². The number of ether oxygens (including phenoxy) is 1. The summed E-state index contributed by atoms with van der Waals surface area (Å²) in [6.45, 7) is 2.96. The molecule has 0 spiro atoms. The summed E-state index contributed by atoms with van der Waals surface area (Å²) in [7, 11) is 1.38. The summed E-state index contributed by atoms with van der Waals surface area (Å²) in [6.07, 6.45) is 3.58. The van der Waals surface area contributed by atoms with Crippen LogP contribution in [-0.4, -0.2) is 61.1 Å². The molecule has 0 bridgehead atoms. The van der Waals surface area contributed by atoms with E-state index in [9.17, 15) is 14.0 Å². The smallest absolute Gasteiger partial charge is 0.319 e. The Morgan fingerprint density at radius 2 is 1.76 bits per heavy atom. The molecule has 6 nitrogen and oxygen atoms in total. The molecule has 2 aliphatic heterocycles. The van der Waals surface area contributed by atoms with E-state index in [0.717, 1.165) is 25.9 Å². The summed E-state index contributed by atoms with van der Waals surface area (Å²) in [5.74, 6) is -0.739. The van der Waals surface area contributed by atoms with Gasteiger partial charge in [0.2, 0.25) is 0 Å². The highest BCUT2D eigenvalue weighted by Crippen LogP contribution is 2.19. The van der Waals surface area contributed by atoms with Crippen molar-refractivity contribution in [3.8, 4) is 5.75 Å². The highest BCUT2D eigenvalue weighted by atomic mass is 19.1. The number of methoxy groups -OCH3 is 1. The summed E-state index contributed by atoms with van der Waals surface area (Å²) in [4.78, 5) is 28.4. The van der Waals surface area contributed by atoms with Crippen molar-refractivity contribution in [3.05, 3.63) is 29.6 Å². The summed E-state index contributed by atoms with van der Waals surface area (Å²) < 4.78 is 18.6. The zero-order valence-corrected chi connectivity index (χ0v) is 14.5. The van der Waals surface area contributed by atoms with Gasteiger partial charge in [-0.25, -0.2) is 9.18 Å². The van der Waals surface area contributed by atoms with Crippen LogP contribution in [0.3, 0.4) is 0 Å². The largest absolute Gasteiger partial charge is 0.494 e. The van der Waals surface area contributed by atoms with Crippen molar-refractivity contribution in [2.24, 2.45) is 0 Å². The Balaban J connectivity index is 1.50. The number of urea groups is 1. The van der Waals surface area contributed by atoms with Gasteiger partial charge in [0.05, 0.1) is 7.11 Å². The maximum atomic E-state index is 13.7. The fraction of sp³-hybridized carbons (Fsp3) is 0.556. The van der Waals surface area contributed by atoms with Gasteiger partial charge in [0.25, 0.3) is 5.91 Å². The second-order valence-corrected chi connectivity index (χ2v) is 6.56. The normalized spacial score (nSPS) is 18.3. The topological polar surface area (TPSA) is 61.9 Å². The number of piperidine rings is 1. The number of hydrogen-bond donors (Lipinski definition) is 1. The third-order valence-electron chi connectivity index (χ3n) is 4.89. The lowest BCUT2D eigenvalue weighted by Gasteiger charge is -2.34. The number of hydrogen-bond acceptors (Lipinski definition) is 3. The quantitative estimate of drug-likeness (QED) is 0.910. The highest BCUT2D eigenvalue weighted by molar-refractivity contribution is 5.94. The summed E-state index contributed by atoms with van der Waals surface area (Å²) in [5.41, 5.74) is 0.272. The first-order chi connectivity index (χ1) is 12.1. The fourth-order valence-electron chi connectivity index (χ4n) is 3.40. The summed E-state index contributed by atoms with van der Waals surface area (Å²) in [6, 6.07) is 4.28. The van der Waals surface area contributed by atoms with Gasteiger partial charge in [-0.3, -0.25) is 4.79 Å². The molecule has 1 N–H and O–H groups in total. The predicted octanol–water partition coefficient (Wildman–Crippen LogP) is 2.24. The molecule has 2 fully saturated rings. The van der Waals surface area contributed by atoms with Crippen LogP contribution in [0.15, 0.2) is 18.2 Å². The molecule has 0 saturated carbocycles. The molecule has 0 aliphatic carbocycles. The molecule has 1 aromatic carbocycles. The zero-order chi connectivity index (χ0) is 17.8. The van der Waals surface area contributed by atoms with Crippen LogP contribution in [0.2, 0.25) is 0 Å². The van der Waals surface area contributed by atoms with Crippen LogP contribution in [0.4, 0.5) is 9.18 Å². The van der Waals surface area contributed by atoms with Crippen molar-refractivity contribution in [1.29, 1.82) is 0 Å². The number of likely N-dealkylation sites (tertiary alicyclic amines) is 2. The second kappa shape index (κ2) is 7.72. The number of rotatable bonds is 3. The monoisotopic (exact) mass is 349 g/mol. The van der Waals surface area contributed by atoms with Crippen molar-refractivity contribution < 1.29 is 18.7 Å². The predicted molar refractivity (Wildman–Crippen MR) is 91.2 cm³/mol. The number of benzene rings is 1. The van der Waals surface area contributed by atoms with Crippen molar-refractivity contribution in [1.82, 2.24) is 15.1 Å². The van der Waals surface area contributed by atoms with Gasteiger partial charge in [-0.1, -0.05) is 0 Å². The number of nitrogens with zero attached hydrogens (tertiary/aromatic N) is 2. The van der Waals surface area contributed by atoms with E-state index in [1.165, 1.54) is 19.2 Å². The number of amides is 3. The first-order valence-electron chi connectivity index (χ1n) is 8.76. The Labute approximate surface area is 146 Å². The molecule has 3 amide bonds. The Hall–Kier alpha value is -2.31. The summed E-state index contributed by atoms with van der Waals surface area (Å²) in [5, 5.41) is 2.93. The minimum Gasteiger partial charge on any atom is -0.494 e. The van der Waals surface area contributed by atoms with Gasteiger partial charge < -0.3 is 19.9 Å². The molecule has 0 atom stereocenters. The van der Waals surface area contributed by atoms with Crippen LogP contribution < -0.4 is 10.1 Å². The minimum atomic E-state index is -0.554. The van der Waals surface area contributed by atoms with Crippen molar-refractivity contribution >= 4 is 11.9 Å². The van der Waals surface area contributed by atoms with Gasteiger partial charge in [0, 0.05) is 37.8 Å². The number of carbonyl (C=O) groups excluding carboxylic acids is 2. The van der Waals surface area contributed by atoms with Crippen molar-refractivity contribution in [2.45, 2.75) is 31.7 Å². The molecule has 136 valence electrons. The van der Waals surface area contributed by atoms with Crippen molar-refractivity contribution in [2.75, 3.05) is 33.3 Å². The first kappa shape index (κ1) is 17.5. The van der Waals surface area contributed by atoms with Gasteiger partial charge >= 0.3 is 6.03 Å². The van der Waals surface area contributed by atoms with Gasteiger partial charge in [-0.2, -0.15) is 0 Å². The standard InChI is InChI=1S/C18H24FN3O3/c1-25-16-5-4-13(12-15(16)19)17(23)20-14-6-10-22(11-7-14)18(24)21-8-2-3-9-21/h4-5,12,14H,2-3,6-11H2,1H3,(H,20,23). The molecule has 7 heteroatoms. The maximum Gasteiger partial charge on any atom is 0.319 e. The Bertz CT molecular complexity index is 638. The van der Waals surface area contributed by atoms with Gasteiger partial charge in [0.1, 0.15) is 0 Å².